The number of hydrogen-bond acceptors (Lipinski definition) is 4. The second kappa shape index (κ2) is 4.46. The van der Waals surface area contributed by atoms with E-state index in [-0.39, 0.29) is 11.8 Å². The predicted octanol–water partition coefficient (Wildman–Crippen LogP) is 2.53. The summed E-state index contributed by atoms with van der Waals surface area (Å²) in [4.78, 5) is 0. The lowest BCUT2D eigenvalue weighted by Crippen LogP contribution is -2.14. The number of ether oxygens (including phenoxy) is 1. The van der Waals surface area contributed by atoms with E-state index in [9.17, 15) is 13.2 Å². The van der Waals surface area contributed by atoms with Gasteiger partial charge in [0.1, 0.15) is 5.75 Å². The molecule has 2 aromatic rings. The lowest BCUT2D eigenvalue weighted by Gasteiger charge is -2.11. The Balaban J connectivity index is 1.94. The van der Waals surface area contributed by atoms with Crippen LogP contribution in [0.5, 0.6) is 5.75 Å². The van der Waals surface area contributed by atoms with Crippen molar-refractivity contribution in [1.29, 1.82) is 0 Å². The van der Waals surface area contributed by atoms with E-state index in [0.717, 1.165) is 18.4 Å². The van der Waals surface area contributed by atoms with E-state index in [2.05, 4.69) is 15.5 Å². The van der Waals surface area contributed by atoms with Crippen molar-refractivity contribution in [2.45, 2.75) is 32.0 Å². The Labute approximate surface area is 112 Å². The normalized spacial score (nSPS) is 15.4. The number of tetrazole rings is 1. The van der Waals surface area contributed by atoms with Gasteiger partial charge >= 0.3 is 6.18 Å². The van der Waals surface area contributed by atoms with E-state index >= 15 is 0 Å². The van der Waals surface area contributed by atoms with Crippen LogP contribution < -0.4 is 4.74 Å². The molecule has 1 aromatic heterocycles. The average Bonchev–Trinajstić information content (AvgIpc) is 3.03. The molecule has 1 aromatic carbocycles. The first-order valence-electron chi connectivity index (χ1n) is 6.08. The lowest BCUT2D eigenvalue weighted by atomic mass is 10.2. The molecule has 0 amide bonds. The van der Waals surface area contributed by atoms with Gasteiger partial charge in [0.2, 0.25) is 0 Å². The Hall–Kier alpha value is -2.12. The first-order chi connectivity index (χ1) is 9.45. The van der Waals surface area contributed by atoms with Gasteiger partial charge in [-0.05, 0) is 54.0 Å². The fraction of sp³-hybridized carbons (Fsp3) is 0.417. The van der Waals surface area contributed by atoms with Gasteiger partial charge in [-0.2, -0.15) is 17.9 Å². The van der Waals surface area contributed by atoms with Crippen LogP contribution in [0.4, 0.5) is 13.2 Å². The maximum Gasteiger partial charge on any atom is 0.453 e. The van der Waals surface area contributed by atoms with Crippen LogP contribution >= 0.6 is 0 Å². The third kappa shape index (κ3) is 2.45. The highest BCUT2D eigenvalue weighted by Gasteiger charge is 2.38. The molecule has 1 fully saturated rings. The molecule has 0 radical (unpaired) electrons. The standard InChI is InChI=1S/C12H11F3N4O/c1-7-6-8(2-5-10(7)20-9-3-4-9)19-11(12(13,14)15)16-17-18-19/h2,5-6,9H,3-4H2,1H3. The van der Waals surface area contributed by atoms with Crippen molar-refractivity contribution in [2.24, 2.45) is 0 Å². The molecule has 0 unspecified atom stereocenters. The van der Waals surface area contributed by atoms with E-state index in [1.807, 2.05) is 0 Å². The molecule has 1 aliphatic carbocycles. The van der Waals surface area contributed by atoms with Crippen LogP contribution in [0.3, 0.4) is 0 Å². The second-order valence-electron chi connectivity index (χ2n) is 4.68. The molecule has 1 aliphatic rings. The second-order valence-corrected chi connectivity index (χ2v) is 4.68. The van der Waals surface area contributed by atoms with Gasteiger partial charge in [0.05, 0.1) is 11.8 Å². The molecule has 0 spiro atoms. The quantitative estimate of drug-likeness (QED) is 0.869. The molecule has 20 heavy (non-hydrogen) atoms. The molecule has 8 heteroatoms. The van der Waals surface area contributed by atoms with Gasteiger partial charge in [0.25, 0.3) is 5.82 Å². The zero-order valence-electron chi connectivity index (χ0n) is 10.6. The minimum Gasteiger partial charge on any atom is -0.490 e. The topological polar surface area (TPSA) is 52.8 Å². The number of rotatable bonds is 3. The molecule has 0 N–H and O–H groups in total. The van der Waals surface area contributed by atoms with Gasteiger partial charge in [-0.3, -0.25) is 0 Å². The summed E-state index contributed by atoms with van der Waals surface area (Å²) in [7, 11) is 0. The largest absolute Gasteiger partial charge is 0.490 e. The zero-order valence-corrected chi connectivity index (χ0v) is 10.6. The van der Waals surface area contributed by atoms with Crippen molar-refractivity contribution < 1.29 is 17.9 Å². The fourth-order valence-electron chi connectivity index (χ4n) is 1.80. The smallest absolute Gasteiger partial charge is 0.453 e. The summed E-state index contributed by atoms with van der Waals surface area (Å²) in [6, 6.07) is 4.73. The fourth-order valence-corrected chi connectivity index (χ4v) is 1.80. The monoisotopic (exact) mass is 284 g/mol. The van der Waals surface area contributed by atoms with Crippen LogP contribution in [0.2, 0.25) is 0 Å². The molecule has 1 saturated carbocycles. The summed E-state index contributed by atoms with van der Waals surface area (Å²) in [6.07, 6.45) is -2.32. The summed E-state index contributed by atoms with van der Waals surface area (Å²) >= 11 is 0. The highest BCUT2D eigenvalue weighted by atomic mass is 19.4. The maximum absolute atomic E-state index is 12.7. The minimum absolute atomic E-state index is 0.235. The number of nitrogens with zero attached hydrogens (tertiary/aromatic N) is 4. The van der Waals surface area contributed by atoms with Crippen molar-refractivity contribution in [3.05, 3.63) is 29.6 Å². The third-order valence-corrected chi connectivity index (χ3v) is 2.94. The Morgan fingerprint density at radius 3 is 2.65 bits per heavy atom. The van der Waals surface area contributed by atoms with Crippen LogP contribution in [0.25, 0.3) is 5.69 Å². The number of hydrogen-bond donors (Lipinski definition) is 0. The van der Waals surface area contributed by atoms with Crippen LogP contribution in [-0.2, 0) is 6.18 Å². The SMILES string of the molecule is Cc1cc(-n2nnnc2C(F)(F)F)ccc1OC1CC1. The summed E-state index contributed by atoms with van der Waals surface area (Å²) < 4.78 is 44.5. The molecule has 0 atom stereocenters. The number of benzene rings is 1. The summed E-state index contributed by atoms with van der Waals surface area (Å²) in [5, 5.41) is 9.50. The number of halogens is 3. The first kappa shape index (κ1) is 12.9. The molecular weight excluding hydrogens is 273 g/mol. The Bertz CT molecular complexity index is 634. The summed E-state index contributed by atoms with van der Waals surface area (Å²) in [5.74, 6) is -0.467. The van der Waals surface area contributed by atoms with Crippen molar-refractivity contribution >= 4 is 0 Å². The van der Waals surface area contributed by atoms with E-state index in [1.54, 1.807) is 19.1 Å². The average molecular weight is 284 g/mol. The third-order valence-electron chi connectivity index (χ3n) is 2.94. The lowest BCUT2D eigenvalue weighted by molar-refractivity contribution is -0.146. The van der Waals surface area contributed by atoms with Crippen molar-refractivity contribution in [1.82, 2.24) is 20.2 Å². The molecule has 5 nitrogen and oxygen atoms in total. The van der Waals surface area contributed by atoms with Crippen molar-refractivity contribution in [3.63, 3.8) is 0 Å². The van der Waals surface area contributed by atoms with Gasteiger partial charge in [-0.15, -0.1) is 5.10 Å². The molecule has 1 heterocycles. The van der Waals surface area contributed by atoms with Gasteiger partial charge < -0.3 is 4.74 Å². The molecular formula is C12H11F3N4O. The Kier molecular flexibility index (Phi) is 2.88. The number of alkyl halides is 3. The minimum atomic E-state index is -4.60. The van der Waals surface area contributed by atoms with E-state index < -0.39 is 12.0 Å². The molecule has 0 saturated heterocycles. The first-order valence-corrected chi connectivity index (χ1v) is 6.08. The van der Waals surface area contributed by atoms with Gasteiger partial charge in [0.15, 0.2) is 0 Å². The highest BCUT2D eigenvalue weighted by Crippen LogP contribution is 2.32. The van der Waals surface area contributed by atoms with Gasteiger partial charge in [-0.1, -0.05) is 0 Å². The molecule has 0 aliphatic heterocycles. The van der Waals surface area contributed by atoms with E-state index in [0.29, 0.717) is 10.4 Å². The number of aryl methyl sites for hydroxylation is 1. The zero-order chi connectivity index (χ0) is 14.3. The van der Waals surface area contributed by atoms with Crippen molar-refractivity contribution in [3.8, 4) is 11.4 Å². The van der Waals surface area contributed by atoms with Crippen LogP contribution in [0, 0.1) is 6.92 Å². The van der Waals surface area contributed by atoms with E-state index in [1.165, 1.54) is 6.07 Å². The van der Waals surface area contributed by atoms with Crippen LogP contribution in [0.15, 0.2) is 18.2 Å². The predicted molar refractivity (Wildman–Crippen MR) is 62.5 cm³/mol. The molecule has 3 rings (SSSR count). The molecule has 0 bridgehead atoms. The highest BCUT2D eigenvalue weighted by molar-refractivity contribution is 5.43. The van der Waals surface area contributed by atoms with Crippen molar-refractivity contribution in [2.75, 3.05) is 0 Å². The van der Waals surface area contributed by atoms with Gasteiger partial charge in [-0.25, -0.2) is 0 Å². The maximum atomic E-state index is 12.7. The van der Waals surface area contributed by atoms with Crippen LogP contribution in [-0.4, -0.2) is 26.3 Å². The Morgan fingerprint density at radius 1 is 1.30 bits per heavy atom. The van der Waals surface area contributed by atoms with Gasteiger partial charge in [0, 0.05) is 0 Å². The Morgan fingerprint density at radius 2 is 2.05 bits per heavy atom. The summed E-state index contributed by atoms with van der Waals surface area (Å²) in [5.41, 5.74) is 1.00. The number of aromatic nitrogens is 4. The van der Waals surface area contributed by atoms with Crippen LogP contribution in [0.1, 0.15) is 24.2 Å². The molecule has 106 valence electrons. The summed E-state index contributed by atoms with van der Waals surface area (Å²) in [6.45, 7) is 1.78. The van der Waals surface area contributed by atoms with E-state index in [4.69, 9.17) is 4.74 Å².